The Bertz CT molecular complexity index is 332. The number of non-ortho nitro benzene ring substituents is 1. The van der Waals surface area contributed by atoms with Gasteiger partial charge in [0.05, 0.1) is 12.0 Å². The summed E-state index contributed by atoms with van der Waals surface area (Å²) in [7, 11) is 1.52. The molecule has 78 valence electrons. The fraction of sp³-hybridized carbons (Fsp3) is 0.250. The van der Waals surface area contributed by atoms with E-state index in [0.717, 1.165) is 5.56 Å². The molecular weight excluding hydrogens is 270 g/mol. The molecule has 0 aliphatic carbocycles. The maximum absolute atomic E-state index is 10.4. The Morgan fingerprint density at radius 2 is 2.21 bits per heavy atom. The molecule has 14 heavy (non-hydrogen) atoms. The number of rotatable bonds is 3. The molecule has 0 aliphatic rings. The molecule has 0 fully saturated rings. The van der Waals surface area contributed by atoms with Crippen molar-refractivity contribution in [1.29, 1.82) is 0 Å². The van der Waals surface area contributed by atoms with Gasteiger partial charge in [0, 0.05) is 23.4 Å². The molecule has 0 bridgehead atoms. The van der Waals surface area contributed by atoms with E-state index in [1.807, 2.05) is 0 Å². The normalized spacial score (nSPS) is 9.00. The lowest BCUT2D eigenvalue weighted by molar-refractivity contribution is -0.384. The molecule has 0 radical (unpaired) electrons. The molecule has 0 atom stereocenters. The van der Waals surface area contributed by atoms with Crippen LogP contribution in [0.5, 0.6) is 5.75 Å². The van der Waals surface area contributed by atoms with E-state index in [4.69, 9.17) is 4.74 Å². The number of nitrogens with zero attached hydrogens (tertiary/aromatic N) is 1. The second-order valence-corrected chi connectivity index (χ2v) is 2.73. The van der Waals surface area contributed by atoms with E-state index in [0.29, 0.717) is 11.5 Å². The standard InChI is InChI=1S/C8H9NO3S.BrH/c1-12-8-3-2-7(9(10)11)4-6(8)5-13;/h2-4,13H,5H2,1H3;1H. The Morgan fingerprint density at radius 1 is 1.57 bits per heavy atom. The Morgan fingerprint density at radius 3 is 2.64 bits per heavy atom. The van der Waals surface area contributed by atoms with E-state index in [-0.39, 0.29) is 22.7 Å². The van der Waals surface area contributed by atoms with Gasteiger partial charge < -0.3 is 4.74 Å². The van der Waals surface area contributed by atoms with Crippen molar-refractivity contribution in [3.63, 3.8) is 0 Å². The van der Waals surface area contributed by atoms with Crippen LogP contribution in [0.3, 0.4) is 0 Å². The first-order chi connectivity index (χ1) is 6.19. The van der Waals surface area contributed by atoms with Gasteiger partial charge in [-0.25, -0.2) is 0 Å². The molecule has 6 heteroatoms. The second kappa shape index (κ2) is 5.87. The van der Waals surface area contributed by atoms with Gasteiger partial charge in [-0.1, -0.05) is 0 Å². The molecule has 0 aliphatic heterocycles. The zero-order chi connectivity index (χ0) is 9.84. The van der Waals surface area contributed by atoms with E-state index in [1.54, 1.807) is 6.07 Å². The molecular formula is C8H10BrNO3S. The van der Waals surface area contributed by atoms with Crippen molar-refractivity contribution in [2.24, 2.45) is 0 Å². The van der Waals surface area contributed by atoms with Crippen molar-refractivity contribution in [1.82, 2.24) is 0 Å². The van der Waals surface area contributed by atoms with Gasteiger partial charge >= 0.3 is 0 Å². The predicted octanol–water partition coefficient (Wildman–Crippen LogP) is 2.61. The number of methoxy groups -OCH3 is 1. The number of nitro groups is 1. The number of thiol groups is 1. The van der Waals surface area contributed by atoms with Crippen molar-refractivity contribution >= 4 is 35.3 Å². The van der Waals surface area contributed by atoms with Gasteiger partial charge in [0.2, 0.25) is 0 Å². The topological polar surface area (TPSA) is 52.4 Å². The molecule has 0 saturated heterocycles. The summed E-state index contributed by atoms with van der Waals surface area (Å²) in [4.78, 5) is 9.97. The van der Waals surface area contributed by atoms with Crippen LogP contribution < -0.4 is 4.74 Å². The summed E-state index contributed by atoms with van der Waals surface area (Å²) in [5, 5.41) is 10.4. The average Bonchev–Trinajstić information content (AvgIpc) is 2.16. The Labute approximate surface area is 97.6 Å². The SMILES string of the molecule is Br.COc1ccc([N+](=O)[O-])cc1CS. The van der Waals surface area contributed by atoms with E-state index >= 15 is 0 Å². The van der Waals surface area contributed by atoms with Crippen LogP contribution in [-0.2, 0) is 5.75 Å². The molecule has 0 amide bonds. The predicted molar refractivity (Wildman–Crippen MR) is 62.7 cm³/mol. The molecule has 0 saturated carbocycles. The third-order valence-electron chi connectivity index (χ3n) is 1.65. The smallest absolute Gasteiger partial charge is 0.270 e. The summed E-state index contributed by atoms with van der Waals surface area (Å²) in [6, 6.07) is 4.45. The van der Waals surface area contributed by atoms with Crippen LogP contribution in [-0.4, -0.2) is 12.0 Å². The minimum absolute atomic E-state index is 0. The first-order valence-corrected chi connectivity index (χ1v) is 4.24. The van der Waals surface area contributed by atoms with Crippen LogP contribution in [0.4, 0.5) is 5.69 Å². The highest BCUT2D eigenvalue weighted by Gasteiger charge is 2.09. The summed E-state index contributed by atoms with van der Waals surface area (Å²) in [5.41, 5.74) is 0.782. The van der Waals surface area contributed by atoms with Gasteiger partial charge in [0.1, 0.15) is 5.75 Å². The van der Waals surface area contributed by atoms with E-state index < -0.39 is 4.92 Å². The van der Waals surface area contributed by atoms with Gasteiger partial charge in [-0.2, -0.15) is 12.6 Å². The largest absolute Gasteiger partial charge is 0.496 e. The molecule has 4 nitrogen and oxygen atoms in total. The van der Waals surface area contributed by atoms with Gasteiger partial charge in [-0.15, -0.1) is 17.0 Å². The van der Waals surface area contributed by atoms with E-state index in [9.17, 15) is 10.1 Å². The zero-order valence-corrected chi connectivity index (χ0v) is 10.1. The van der Waals surface area contributed by atoms with Crippen molar-refractivity contribution < 1.29 is 9.66 Å². The summed E-state index contributed by atoms with van der Waals surface area (Å²) in [6.07, 6.45) is 0. The van der Waals surface area contributed by atoms with Crippen LogP contribution in [0, 0.1) is 10.1 Å². The van der Waals surface area contributed by atoms with E-state index in [1.165, 1.54) is 19.2 Å². The van der Waals surface area contributed by atoms with Crippen LogP contribution in [0.15, 0.2) is 18.2 Å². The number of halogens is 1. The van der Waals surface area contributed by atoms with Crippen LogP contribution in [0.2, 0.25) is 0 Å². The van der Waals surface area contributed by atoms with Gasteiger partial charge in [0.25, 0.3) is 5.69 Å². The van der Waals surface area contributed by atoms with Crippen molar-refractivity contribution in [3.8, 4) is 5.75 Å². The first kappa shape index (κ1) is 13.2. The number of nitro benzene ring substituents is 1. The highest BCUT2D eigenvalue weighted by Crippen LogP contribution is 2.24. The van der Waals surface area contributed by atoms with Gasteiger partial charge in [-0.3, -0.25) is 10.1 Å². The van der Waals surface area contributed by atoms with Gasteiger partial charge in [0.15, 0.2) is 0 Å². The van der Waals surface area contributed by atoms with Crippen LogP contribution in [0.25, 0.3) is 0 Å². The summed E-state index contributed by atoms with van der Waals surface area (Å²) in [6.45, 7) is 0. The summed E-state index contributed by atoms with van der Waals surface area (Å²) >= 11 is 4.05. The minimum Gasteiger partial charge on any atom is -0.496 e. The van der Waals surface area contributed by atoms with Crippen molar-refractivity contribution in [3.05, 3.63) is 33.9 Å². The fourth-order valence-corrected chi connectivity index (χ4v) is 1.25. The second-order valence-electron chi connectivity index (χ2n) is 2.41. The Kier molecular flexibility index (Phi) is 5.56. The molecule has 0 spiro atoms. The number of hydrogen-bond acceptors (Lipinski definition) is 4. The highest BCUT2D eigenvalue weighted by atomic mass is 79.9. The lowest BCUT2D eigenvalue weighted by atomic mass is 10.2. The highest BCUT2D eigenvalue weighted by molar-refractivity contribution is 8.93. The Balaban J connectivity index is 0.00000169. The number of hydrogen-bond donors (Lipinski definition) is 1. The van der Waals surface area contributed by atoms with Crippen LogP contribution in [0.1, 0.15) is 5.56 Å². The monoisotopic (exact) mass is 279 g/mol. The van der Waals surface area contributed by atoms with Gasteiger partial charge in [-0.05, 0) is 6.07 Å². The molecule has 0 heterocycles. The van der Waals surface area contributed by atoms with Crippen molar-refractivity contribution in [2.75, 3.05) is 7.11 Å². The minimum atomic E-state index is -0.438. The van der Waals surface area contributed by atoms with E-state index in [2.05, 4.69) is 12.6 Å². The number of ether oxygens (including phenoxy) is 1. The molecule has 0 aromatic heterocycles. The molecule has 1 aromatic rings. The number of benzene rings is 1. The summed E-state index contributed by atoms with van der Waals surface area (Å²) < 4.78 is 5.00. The fourth-order valence-electron chi connectivity index (χ4n) is 1.00. The van der Waals surface area contributed by atoms with Crippen LogP contribution >= 0.6 is 29.6 Å². The van der Waals surface area contributed by atoms with Crippen molar-refractivity contribution in [2.45, 2.75) is 5.75 Å². The molecule has 0 N–H and O–H groups in total. The Hall–Kier alpha value is -0.750. The summed E-state index contributed by atoms with van der Waals surface area (Å²) in [5.74, 6) is 1.05. The first-order valence-electron chi connectivity index (χ1n) is 3.61. The third-order valence-corrected chi connectivity index (χ3v) is 1.99. The average molecular weight is 280 g/mol. The maximum Gasteiger partial charge on any atom is 0.270 e. The quantitative estimate of drug-likeness (QED) is 0.526. The maximum atomic E-state index is 10.4. The lowest BCUT2D eigenvalue weighted by Gasteiger charge is -2.04. The third kappa shape index (κ3) is 2.88. The molecule has 0 unspecified atom stereocenters. The molecule has 1 aromatic carbocycles. The zero-order valence-electron chi connectivity index (χ0n) is 7.47. The molecule has 1 rings (SSSR count). The lowest BCUT2D eigenvalue weighted by Crippen LogP contribution is -1.93.